The van der Waals surface area contributed by atoms with E-state index in [1.54, 1.807) is 0 Å². The molecule has 128 valence electrons. The molecule has 3 fully saturated rings. The lowest BCUT2D eigenvalue weighted by molar-refractivity contribution is -0.141. The third kappa shape index (κ3) is 1.94. The summed E-state index contributed by atoms with van der Waals surface area (Å²) >= 11 is 0. The molecule has 7 atom stereocenters. The second kappa shape index (κ2) is 4.94. The van der Waals surface area contributed by atoms with Gasteiger partial charge < -0.3 is 5.11 Å². The van der Waals surface area contributed by atoms with Crippen molar-refractivity contribution < 1.29 is 9.90 Å². The molecule has 0 bridgehead atoms. The first kappa shape index (κ1) is 15.9. The Hall–Kier alpha value is -0.630. The molecule has 2 heteroatoms. The van der Waals surface area contributed by atoms with Crippen LogP contribution in [0.1, 0.15) is 72.1 Å². The molecule has 0 aromatic heterocycles. The molecule has 0 amide bonds. The topological polar surface area (TPSA) is 37.3 Å². The summed E-state index contributed by atoms with van der Waals surface area (Å²) in [6.07, 6.45) is 12.8. The van der Waals surface area contributed by atoms with Gasteiger partial charge >= 0.3 is 0 Å². The fraction of sp³-hybridized carbons (Fsp3) is 0.857. The molecule has 4 aliphatic carbocycles. The number of carbonyl (C=O) groups is 1. The van der Waals surface area contributed by atoms with E-state index in [4.69, 9.17) is 0 Å². The molecule has 0 aromatic rings. The smallest absolute Gasteiger partial charge is 0.155 e. The summed E-state index contributed by atoms with van der Waals surface area (Å²) in [7, 11) is 0. The van der Waals surface area contributed by atoms with Crippen LogP contribution in [0.15, 0.2) is 12.2 Å². The largest absolute Gasteiger partial charge is 0.389 e. The number of carbonyl (C=O) groups excluding carboxylic acids is 1. The third-order valence-electron chi connectivity index (χ3n) is 8.95. The van der Waals surface area contributed by atoms with Gasteiger partial charge in [0.25, 0.3) is 0 Å². The van der Waals surface area contributed by atoms with Crippen molar-refractivity contribution in [1.29, 1.82) is 0 Å². The van der Waals surface area contributed by atoms with E-state index in [0.29, 0.717) is 23.5 Å². The zero-order valence-corrected chi connectivity index (χ0v) is 15.0. The molecule has 0 saturated heterocycles. The van der Waals surface area contributed by atoms with Gasteiger partial charge in [-0.25, -0.2) is 0 Å². The molecule has 0 aliphatic heterocycles. The second-order valence-corrected chi connectivity index (χ2v) is 9.40. The van der Waals surface area contributed by atoms with Gasteiger partial charge in [0, 0.05) is 6.42 Å². The van der Waals surface area contributed by atoms with Crippen molar-refractivity contribution >= 4 is 5.78 Å². The molecule has 0 radical (unpaired) electrons. The van der Waals surface area contributed by atoms with E-state index in [1.165, 1.54) is 25.7 Å². The minimum Gasteiger partial charge on any atom is -0.389 e. The average Bonchev–Trinajstić information content (AvgIpc) is 2.80. The van der Waals surface area contributed by atoms with Gasteiger partial charge in [0.15, 0.2) is 5.78 Å². The number of ketones is 1. The lowest BCUT2D eigenvalue weighted by Gasteiger charge is -2.59. The molecule has 1 unspecified atom stereocenters. The van der Waals surface area contributed by atoms with E-state index in [2.05, 4.69) is 26.8 Å². The van der Waals surface area contributed by atoms with E-state index < -0.39 is 5.60 Å². The summed E-state index contributed by atoms with van der Waals surface area (Å²) in [5.41, 5.74) is -0.121. The van der Waals surface area contributed by atoms with E-state index in [0.717, 1.165) is 31.6 Å². The number of allylic oxidation sites excluding steroid dienone is 2. The highest BCUT2D eigenvalue weighted by atomic mass is 16.3. The molecule has 4 rings (SSSR count). The summed E-state index contributed by atoms with van der Waals surface area (Å²) in [5.74, 6) is 3.01. The van der Waals surface area contributed by atoms with E-state index >= 15 is 0 Å². The van der Waals surface area contributed by atoms with Crippen LogP contribution in [0, 0.1) is 34.5 Å². The summed E-state index contributed by atoms with van der Waals surface area (Å²) in [4.78, 5) is 11.9. The van der Waals surface area contributed by atoms with Crippen molar-refractivity contribution in [2.75, 3.05) is 0 Å². The minimum atomic E-state index is -0.446. The quantitative estimate of drug-likeness (QED) is 0.772. The van der Waals surface area contributed by atoms with Crippen LogP contribution in [0.25, 0.3) is 0 Å². The summed E-state index contributed by atoms with van der Waals surface area (Å²) in [6, 6.07) is 0. The Morgan fingerprint density at radius 2 is 1.87 bits per heavy atom. The Labute approximate surface area is 140 Å². The monoisotopic (exact) mass is 316 g/mol. The maximum absolute atomic E-state index is 11.9. The molecule has 23 heavy (non-hydrogen) atoms. The lowest BCUT2D eigenvalue weighted by atomic mass is 9.45. The molecular formula is C21H32O2. The second-order valence-electron chi connectivity index (χ2n) is 9.40. The predicted octanol–water partition coefficient (Wildman–Crippen LogP) is 4.52. The first-order chi connectivity index (χ1) is 10.8. The van der Waals surface area contributed by atoms with Gasteiger partial charge in [0.05, 0.1) is 5.60 Å². The Kier molecular flexibility index (Phi) is 3.41. The first-order valence-corrected chi connectivity index (χ1v) is 9.78. The average molecular weight is 316 g/mol. The normalized spacial score (nSPS) is 55.2. The van der Waals surface area contributed by atoms with Gasteiger partial charge in [0.2, 0.25) is 0 Å². The highest BCUT2D eigenvalue weighted by molar-refractivity contribution is 5.91. The number of aliphatic hydroxyl groups is 1. The number of rotatable bonds is 1. The molecular weight excluding hydrogens is 284 g/mol. The zero-order chi connectivity index (χ0) is 16.5. The van der Waals surface area contributed by atoms with Crippen molar-refractivity contribution in [2.24, 2.45) is 34.5 Å². The number of fused-ring (bicyclic) bond motifs is 5. The van der Waals surface area contributed by atoms with E-state index in [-0.39, 0.29) is 10.8 Å². The molecule has 1 N–H and O–H groups in total. The van der Waals surface area contributed by atoms with E-state index in [1.807, 2.05) is 6.08 Å². The van der Waals surface area contributed by atoms with Crippen molar-refractivity contribution in [3.63, 3.8) is 0 Å². The van der Waals surface area contributed by atoms with Gasteiger partial charge in [0.1, 0.15) is 0 Å². The molecule has 0 heterocycles. The van der Waals surface area contributed by atoms with Gasteiger partial charge in [-0.2, -0.15) is 0 Å². The van der Waals surface area contributed by atoms with Crippen molar-refractivity contribution in [1.82, 2.24) is 0 Å². The highest BCUT2D eigenvalue weighted by Crippen LogP contribution is 2.67. The van der Waals surface area contributed by atoms with Gasteiger partial charge in [-0.1, -0.05) is 26.8 Å². The fourth-order valence-corrected chi connectivity index (χ4v) is 7.33. The SMILES string of the molecule is CC[C@]1(O)CC[C@H]2[C@@H]3CCC4CC(=O)C=C[C@]4(C)[C@H]3CC[C@@]21C. The van der Waals surface area contributed by atoms with Crippen molar-refractivity contribution in [3.05, 3.63) is 12.2 Å². The van der Waals surface area contributed by atoms with Crippen LogP contribution >= 0.6 is 0 Å². The van der Waals surface area contributed by atoms with Gasteiger partial charge in [-0.3, -0.25) is 4.79 Å². The molecule has 0 aromatic carbocycles. The Balaban J connectivity index is 1.68. The summed E-state index contributed by atoms with van der Waals surface area (Å²) in [5, 5.41) is 11.2. The minimum absolute atomic E-state index is 0.111. The van der Waals surface area contributed by atoms with Crippen LogP contribution < -0.4 is 0 Å². The van der Waals surface area contributed by atoms with Crippen LogP contribution in [0.3, 0.4) is 0 Å². The molecule has 0 spiro atoms. The predicted molar refractivity (Wildman–Crippen MR) is 91.9 cm³/mol. The highest BCUT2D eigenvalue weighted by Gasteiger charge is 2.63. The van der Waals surface area contributed by atoms with Crippen LogP contribution in [0.5, 0.6) is 0 Å². The van der Waals surface area contributed by atoms with Crippen LogP contribution in [0.2, 0.25) is 0 Å². The Bertz CT molecular complexity index is 552. The standard InChI is InChI=1S/C21H32O2/c1-4-21(23)12-9-18-16-6-5-14-13-15(22)7-10-19(14,2)17(16)8-11-20(18,21)3/h7,10,14,16-18,23H,4-6,8-9,11-13H2,1-3H3/t14?,16-,17+,18+,19+,20+,21+/m1/s1. The number of hydrogen-bond acceptors (Lipinski definition) is 2. The Morgan fingerprint density at radius 3 is 2.61 bits per heavy atom. The molecule has 4 aliphatic rings. The third-order valence-corrected chi connectivity index (χ3v) is 8.95. The van der Waals surface area contributed by atoms with Gasteiger partial charge in [-0.15, -0.1) is 0 Å². The summed E-state index contributed by atoms with van der Waals surface area (Å²) in [6.45, 7) is 6.95. The summed E-state index contributed by atoms with van der Waals surface area (Å²) < 4.78 is 0. The number of hydrogen-bond donors (Lipinski definition) is 1. The van der Waals surface area contributed by atoms with E-state index in [9.17, 15) is 9.90 Å². The first-order valence-electron chi connectivity index (χ1n) is 9.78. The lowest BCUT2D eigenvalue weighted by Crippen LogP contribution is -2.55. The fourth-order valence-electron chi connectivity index (χ4n) is 7.33. The van der Waals surface area contributed by atoms with Crippen LogP contribution in [0.4, 0.5) is 0 Å². The maximum Gasteiger partial charge on any atom is 0.155 e. The van der Waals surface area contributed by atoms with Gasteiger partial charge in [-0.05, 0) is 85.5 Å². The van der Waals surface area contributed by atoms with Crippen molar-refractivity contribution in [2.45, 2.75) is 77.7 Å². The van der Waals surface area contributed by atoms with Crippen LogP contribution in [-0.2, 0) is 4.79 Å². The van der Waals surface area contributed by atoms with Crippen LogP contribution in [-0.4, -0.2) is 16.5 Å². The zero-order valence-electron chi connectivity index (χ0n) is 15.0. The van der Waals surface area contributed by atoms with Crippen molar-refractivity contribution in [3.8, 4) is 0 Å². The molecule has 2 nitrogen and oxygen atoms in total. The maximum atomic E-state index is 11.9. The Morgan fingerprint density at radius 1 is 1.13 bits per heavy atom. The molecule has 3 saturated carbocycles.